The van der Waals surface area contributed by atoms with E-state index in [0.29, 0.717) is 21.9 Å². The Kier molecular flexibility index (Phi) is 3.19. The van der Waals surface area contributed by atoms with Crippen LogP contribution in [-0.4, -0.2) is 0 Å². The topological polar surface area (TPSA) is 63.0 Å². The molecule has 0 amide bonds. The highest BCUT2D eigenvalue weighted by atomic mass is 35.5. The van der Waals surface area contributed by atoms with Gasteiger partial charge in [-0.05, 0) is 35.9 Å². The second-order valence-corrected chi connectivity index (χ2v) is 4.92. The normalized spacial score (nSPS) is 12.2. The molecule has 3 rings (SSSR count). The highest BCUT2D eigenvalue weighted by molar-refractivity contribution is 6.35. The molecule has 4 heteroatoms. The first-order valence-electron chi connectivity index (χ1n) is 6.12. The molecule has 0 aliphatic rings. The van der Waals surface area contributed by atoms with Gasteiger partial charge in [0.15, 0.2) is 0 Å². The van der Waals surface area contributed by atoms with Crippen molar-refractivity contribution in [3.05, 3.63) is 70.4 Å². The van der Waals surface area contributed by atoms with Gasteiger partial charge in [-0.25, -0.2) is 0 Å². The van der Waals surface area contributed by atoms with Crippen molar-refractivity contribution in [1.29, 1.82) is 5.26 Å². The molecule has 0 bridgehead atoms. The third-order valence-electron chi connectivity index (χ3n) is 3.21. The Hall–Kier alpha value is -2.28. The highest BCUT2D eigenvalue weighted by Crippen LogP contribution is 2.31. The van der Waals surface area contributed by atoms with Crippen LogP contribution in [0.5, 0.6) is 0 Å². The van der Waals surface area contributed by atoms with Crippen molar-refractivity contribution in [2.75, 3.05) is 0 Å². The summed E-state index contributed by atoms with van der Waals surface area (Å²) in [5, 5.41) is 10.4. The zero-order valence-electron chi connectivity index (χ0n) is 10.5. The summed E-state index contributed by atoms with van der Waals surface area (Å²) in [4.78, 5) is 0. The molecular formula is C16H11ClN2O. The first kappa shape index (κ1) is 12.7. The zero-order chi connectivity index (χ0) is 14.1. The summed E-state index contributed by atoms with van der Waals surface area (Å²) < 4.78 is 5.75. The first-order valence-corrected chi connectivity index (χ1v) is 6.50. The van der Waals surface area contributed by atoms with E-state index in [1.165, 1.54) is 0 Å². The molecule has 1 atom stereocenters. The molecule has 0 aliphatic carbocycles. The number of hydrogen-bond acceptors (Lipinski definition) is 3. The van der Waals surface area contributed by atoms with Gasteiger partial charge in [0, 0.05) is 5.39 Å². The zero-order valence-corrected chi connectivity index (χ0v) is 11.3. The second kappa shape index (κ2) is 5.01. The lowest BCUT2D eigenvalue weighted by atomic mass is 10.0. The van der Waals surface area contributed by atoms with Gasteiger partial charge in [0.1, 0.15) is 11.3 Å². The van der Waals surface area contributed by atoms with Gasteiger partial charge in [0.2, 0.25) is 0 Å². The van der Waals surface area contributed by atoms with E-state index < -0.39 is 6.04 Å². The minimum atomic E-state index is -0.424. The molecule has 98 valence electrons. The molecule has 2 N–H and O–H groups in total. The van der Waals surface area contributed by atoms with Gasteiger partial charge in [-0.2, -0.15) is 5.26 Å². The summed E-state index contributed by atoms with van der Waals surface area (Å²) in [5.41, 5.74) is 8.32. The molecular weight excluding hydrogens is 272 g/mol. The SMILES string of the molecule is N#Cc1cccc(C(N)c2cc3c(Cl)cccc3o2)c1. The molecule has 1 aromatic heterocycles. The van der Waals surface area contributed by atoms with Gasteiger partial charge in [-0.1, -0.05) is 29.8 Å². The summed E-state index contributed by atoms with van der Waals surface area (Å²) in [6.07, 6.45) is 0. The number of furan rings is 1. The van der Waals surface area contributed by atoms with Crippen molar-refractivity contribution >= 4 is 22.6 Å². The average Bonchev–Trinajstić information content (AvgIpc) is 2.92. The van der Waals surface area contributed by atoms with Gasteiger partial charge < -0.3 is 10.2 Å². The van der Waals surface area contributed by atoms with Crippen LogP contribution < -0.4 is 5.73 Å². The van der Waals surface area contributed by atoms with Gasteiger partial charge in [0.25, 0.3) is 0 Å². The molecule has 0 spiro atoms. The first-order chi connectivity index (χ1) is 9.69. The fraction of sp³-hybridized carbons (Fsp3) is 0.0625. The highest BCUT2D eigenvalue weighted by Gasteiger charge is 2.15. The Balaban J connectivity index is 2.06. The molecule has 0 aliphatic heterocycles. The third kappa shape index (κ3) is 2.16. The van der Waals surface area contributed by atoms with E-state index in [0.717, 1.165) is 10.9 Å². The van der Waals surface area contributed by atoms with Crippen molar-refractivity contribution in [3.8, 4) is 6.07 Å². The summed E-state index contributed by atoms with van der Waals surface area (Å²) >= 11 is 6.12. The Morgan fingerprint density at radius 1 is 1.15 bits per heavy atom. The average molecular weight is 283 g/mol. The van der Waals surface area contributed by atoms with Crippen LogP contribution in [0.25, 0.3) is 11.0 Å². The Morgan fingerprint density at radius 3 is 2.70 bits per heavy atom. The van der Waals surface area contributed by atoms with Crippen molar-refractivity contribution in [2.45, 2.75) is 6.04 Å². The van der Waals surface area contributed by atoms with Crippen LogP contribution in [0.2, 0.25) is 5.02 Å². The second-order valence-electron chi connectivity index (χ2n) is 4.52. The van der Waals surface area contributed by atoms with E-state index in [4.69, 9.17) is 27.0 Å². The maximum atomic E-state index is 8.93. The van der Waals surface area contributed by atoms with Crippen LogP contribution in [0.4, 0.5) is 0 Å². The smallest absolute Gasteiger partial charge is 0.135 e. The van der Waals surface area contributed by atoms with Crippen LogP contribution in [0.3, 0.4) is 0 Å². The summed E-state index contributed by atoms with van der Waals surface area (Å²) in [6.45, 7) is 0. The predicted octanol–water partition coefficient (Wildman–Crippen LogP) is 4.01. The predicted molar refractivity (Wildman–Crippen MR) is 78.4 cm³/mol. The lowest BCUT2D eigenvalue weighted by Gasteiger charge is -2.08. The number of fused-ring (bicyclic) bond motifs is 1. The van der Waals surface area contributed by atoms with Crippen molar-refractivity contribution < 1.29 is 4.42 Å². The quantitative estimate of drug-likeness (QED) is 0.772. The molecule has 1 heterocycles. The molecule has 0 radical (unpaired) electrons. The molecule has 2 aromatic carbocycles. The molecule has 20 heavy (non-hydrogen) atoms. The number of nitriles is 1. The van der Waals surface area contributed by atoms with E-state index in [1.54, 1.807) is 12.1 Å². The number of halogens is 1. The van der Waals surface area contributed by atoms with Crippen molar-refractivity contribution in [2.24, 2.45) is 5.73 Å². The summed E-state index contributed by atoms with van der Waals surface area (Å²) in [5.74, 6) is 0.628. The van der Waals surface area contributed by atoms with Gasteiger partial charge >= 0.3 is 0 Å². The summed E-state index contributed by atoms with van der Waals surface area (Å²) in [7, 11) is 0. The van der Waals surface area contributed by atoms with E-state index in [1.807, 2.05) is 36.4 Å². The van der Waals surface area contributed by atoms with Crippen molar-refractivity contribution in [3.63, 3.8) is 0 Å². The minimum Gasteiger partial charge on any atom is -0.459 e. The lowest BCUT2D eigenvalue weighted by Crippen LogP contribution is -2.10. The van der Waals surface area contributed by atoms with E-state index in [2.05, 4.69) is 6.07 Å². The van der Waals surface area contributed by atoms with Gasteiger partial charge in [-0.15, -0.1) is 0 Å². The fourth-order valence-electron chi connectivity index (χ4n) is 2.16. The standard InChI is InChI=1S/C16H11ClN2O/c17-13-5-2-6-14-12(13)8-15(20-14)16(19)11-4-1-3-10(7-11)9-18/h1-8,16H,19H2. The molecule has 3 nitrogen and oxygen atoms in total. The number of nitrogens with zero attached hydrogens (tertiary/aromatic N) is 1. The number of nitrogens with two attached hydrogens (primary N) is 1. The monoisotopic (exact) mass is 282 g/mol. The molecule has 1 unspecified atom stereocenters. The molecule has 0 saturated carbocycles. The Labute approximate surface area is 121 Å². The maximum Gasteiger partial charge on any atom is 0.135 e. The maximum absolute atomic E-state index is 8.93. The van der Waals surface area contributed by atoms with E-state index in [-0.39, 0.29) is 0 Å². The van der Waals surface area contributed by atoms with Crippen LogP contribution in [-0.2, 0) is 0 Å². The Morgan fingerprint density at radius 2 is 1.95 bits per heavy atom. The van der Waals surface area contributed by atoms with E-state index >= 15 is 0 Å². The van der Waals surface area contributed by atoms with Crippen LogP contribution >= 0.6 is 11.6 Å². The minimum absolute atomic E-state index is 0.424. The van der Waals surface area contributed by atoms with Crippen LogP contribution in [0.15, 0.2) is 52.9 Å². The van der Waals surface area contributed by atoms with E-state index in [9.17, 15) is 0 Å². The Bertz CT molecular complexity index is 817. The largest absolute Gasteiger partial charge is 0.459 e. The van der Waals surface area contributed by atoms with Crippen molar-refractivity contribution in [1.82, 2.24) is 0 Å². The third-order valence-corrected chi connectivity index (χ3v) is 3.54. The van der Waals surface area contributed by atoms with Crippen LogP contribution in [0.1, 0.15) is 22.9 Å². The lowest BCUT2D eigenvalue weighted by molar-refractivity contribution is 0.525. The fourth-order valence-corrected chi connectivity index (χ4v) is 2.38. The number of hydrogen-bond donors (Lipinski definition) is 1. The van der Waals surface area contributed by atoms with Crippen LogP contribution in [0, 0.1) is 11.3 Å². The summed E-state index contributed by atoms with van der Waals surface area (Å²) in [6, 6.07) is 16.2. The number of rotatable bonds is 2. The number of benzene rings is 2. The van der Waals surface area contributed by atoms with Gasteiger partial charge in [-0.3, -0.25) is 0 Å². The molecule has 3 aromatic rings. The molecule has 0 saturated heterocycles. The van der Waals surface area contributed by atoms with Gasteiger partial charge in [0.05, 0.1) is 22.7 Å². The molecule has 0 fully saturated rings.